The first-order valence-electron chi connectivity index (χ1n) is 4.32. The zero-order valence-electron chi connectivity index (χ0n) is 7.88. The highest BCUT2D eigenvalue weighted by atomic mass is 35.5. The van der Waals surface area contributed by atoms with Gasteiger partial charge in [-0.05, 0) is 26.1 Å². The van der Waals surface area contributed by atoms with Crippen molar-refractivity contribution < 1.29 is 0 Å². The SMILES string of the molecule is CCN(CC)CC1CCN1.Cl.Cl. The van der Waals surface area contributed by atoms with Gasteiger partial charge in [-0.1, -0.05) is 13.8 Å². The maximum absolute atomic E-state index is 3.40. The minimum Gasteiger partial charge on any atom is -0.313 e. The molecular formula is C8H20Cl2N2. The molecule has 1 atom stereocenters. The molecule has 0 bridgehead atoms. The van der Waals surface area contributed by atoms with Gasteiger partial charge in [0, 0.05) is 12.6 Å². The van der Waals surface area contributed by atoms with Crippen LogP contribution in [-0.2, 0) is 0 Å². The van der Waals surface area contributed by atoms with Gasteiger partial charge in [0.1, 0.15) is 0 Å². The Morgan fingerprint density at radius 2 is 1.75 bits per heavy atom. The van der Waals surface area contributed by atoms with Crippen LogP contribution in [0.1, 0.15) is 20.3 Å². The molecule has 0 radical (unpaired) electrons. The van der Waals surface area contributed by atoms with E-state index in [9.17, 15) is 0 Å². The number of likely N-dealkylation sites (N-methyl/N-ethyl adjacent to an activating group) is 1. The monoisotopic (exact) mass is 214 g/mol. The van der Waals surface area contributed by atoms with Crippen LogP contribution in [0.25, 0.3) is 0 Å². The summed E-state index contributed by atoms with van der Waals surface area (Å²) < 4.78 is 0. The molecule has 0 aromatic heterocycles. The molecule has 1 rings (SSSR count). The summed E-state index contributed by atoms with van der Waals surface area (Å²) in [5.41, 5.74) is 0. The first-order chi connectivity index (χ1) is 4.86. The Labute approximate surface area is 87.9 Å². The van der Waals surface area contributed by atoms with Gasteiger partial charge in [-0.15, -0.1) is 24.8 Å². The first kappa shape index (κ1) is 15.0. The number of hydrogen-bond acceptors (Lipinski definition) is 2. The van der Waals surface area contributed by atoms with Gasteiger partial charge >= 0.3 is 0 Å². The number of nitrogens with zero attached hydrogens (tertiary/aromatic N) is 1. The Morgan fingerprint density at radius 3 is 2.00 bits per heavy atom. The van der Waals surface area contributed by atoms with E-state index in [2.05, 4.69) is 24.1 Å². The van der Waals surface area contributed by atoms with E-state index in [4.69, 9.17) is 0 Å². The fourth-order valence-corrected chi connectivity index (χ4v) is 1.30. The molecular weight excluding hydrogens is 195 g/mol. The molecule has 0 aromatic rings. The van der Waals surface area contributed by atoms with Crippen molar-refractivity contribution in [3.63, 3.8) is 0 Å². The summed E-state index contributed by atoms with van der Waals surface area (Å²) in [6.45, 7) is 9.30. The van der Waals surface area contributed by atoms with Gasteiger partial charge in [-0.3, -0.25) is 0 Å². The molecule has 1 aliphatic rings. The van der Waals surface area contributed by atoms with E-state index in [1.807, 2.05) is 0 Å². The van der Waals surface area contributed by atoms with Gasteiger partial charge in [0.15, 0.2) is 0 Å². The largest absolute Gasteiger partial charge is 0.313 e. The van der Waals surface area contributed by atoms with Crippen LogP contribution in [0.15, 0.2) is 0 Å². The molecule has 1 fully saturated rings. The summed E-state index contributed by atoms with van der Waals surface area (Å²) in [5.74, 6) is 0. The van der Waals surface area contributed by atoms with E-state index in [1.54, 1.807) is 0 Å². The molecule has 12 heavy (non-hydrogen) atoms. The van der Waals surface area contributed by atoms with Gasteiger partial charge in [0.2, 0.25) is 0 Å². The highest BCUT2D eigenvalue weighted by Gasteiger charge is 2.17. The minimum absolute atomic E-state index is 0. The molecule has 76 valence electrons. The van der Waals surface area contributed by atoms with Crippen molar-refractivity contribution in [2.45, 2.75) is 26.3 Å². The second-order valence-corrected chi connectivity index (χ2v) is 2.93. The van der Waals surface area contributed by atoms with Gasteiger partial charge in [-0.2, -0.15) is 0 Å². The molecule has 0 amide bonds. The zero-order chi connectivity index (χ0) is 7.40. The Bertz CT molecular complexity index is 93.1. The lowest BCUT2D eigenvalue weighted by Crippen LogP contribution is -2.50. The van der Waals surface area contributed by atoms with Crippen LogP contribution in [-0.4, -0.2) is 37.1 Å². The predicted molar refractivity (Wildman–Crippen MR) is 58.7 cm³/mol. The molecule has 0 aliphatic carbocycles. The molecule has 1 saturated heterocycles. The zero-order valence-corrected chi connectivity index (χ0v) is 9.51. The quantitative estimate of drug-likeness (QED) is 0.765. The molecule has 4 heteroatoms. The molecule has 0 spiro atoms. The molecule has 0 saturated carbocycles. The van der Waals surface area contributed by atoms with Gasteiger partial charge in [0.25, 0.3) is 0 Å². The van der Waals surface area contributed by atoms with Crippen LogP contribution in [0.5, 0.6) is 0 Å². The average Bonchev–Trinajstić information content (AvgIpc) is 1.87. The molecule has 2 nitrogen and oxygen atoms in total. The van der Waals surface area contributed by atoms with Crippen molar-refractivity contribution in [2.24, 2.45) is 0 Å². The molecule has 1 unspecified atom stereocenters. The smallest absolute Gasteiger partial charge is 0.0207 e. The molecule has 0 aromatic carbocycles. The highest BCUT2D eigenvalue weighted by Crippen LogP contribution is 2.03. The van der Waals surface area contributed by atoms with Crippen molar-refractivity contribution in [1.82, 2.24) is 10.2 Å². The first-order valence-corrected chi connectivity index (χ1v) is 4.32. The summed E-state index contributed by atoms with van der Waals surface area (Å²) in [7, 11) is 0. The summed E-state index contributed by atoms with van der Waals surface area (Å²) in [6, 6.07) is 0.792. The number of nitrogens with one attached hydrogen (secondary N) is 1. The maximum atomic E-state index is 3.40. The predicted octanol–water partition coefficient (Wildman–Crippen LogP) is 1.53. The van der Waals surface area contributed by atoms with Crippen LogP contribution >= 0.6 is 24.8 Å². The van der Waals surface area contributed by atoms with Gasteiger partial charge in [0.05, 0.1) is 0 Å². The number of halogens is 2. The second kappa shape index (κ2) is 8.11. The van der Waals surface area contributed by atoms with Crippen LogP contribution in [0.4, 0.5) is 0 Å². The lowest BCUT2D eigenvalue weighted by molar-refractivity contribution is 0.224. The normalized spacial score (nSPS) is 20.8. The maximum Gasteiger partial charge on any atom is 0.0207 e. The van der Waals surface area contributed by atoms with Crippen molar-refractivity contribution in [3.8, 4) is 0 Å². The van der Waals surface area contributed by atoms with E-state index < -0.39 is 0 Å². The van der Waals surface area contributed by atoms with Crippen molar-refractivity contribution in [1.29, 1.82) is 0 Å². The fraction of sp³-hybridized carbons (Fsp3) is 1.00. The molecule has 1 N–H and O–H groups in total. The lowest BCUT2D eigenvalue weighted by atomic mass is 10.1. The van der Waals surface area contributed by atoms with Crippen LogP contribution in [0.2, 0.25) is 0 Å². The lowest BCUT2D eigenvalue weighted by Gasteiger charge is -2.32. The third kappa shape index (κ3) is 4.51. The van der Waals surface area contributed by atoms with E-state index in [0.29, 0.717) is 0 Å². The topological polar surface area (TPSA) is 15.3 Å². The number of hydrogen-bond donors (Lipinski definition) is 1. The Hall–Kier alpha value is 0.500. The standard InChI is InChI=1S/C8H18N2.2ClH/c1-3-10(4-2)7-8-5-6-9-8;;/h8-9H,3-7H2,1-2H3;2*1H. The average molecular weight is 215 g/mol. The Morgan fingerprint density at radius 1 is 1.25 bits per heavy atom. The Balaban J connectivity index is 0. The third-order valence-corrected chi connectivity index (χ3v) is 2.30. The fourth-order valence-electron chi connectivity index (χ4n) is 1.30. The second-order valence-electron chi connectivity index (χ2n) is 2.93. The van der Waals surface area contributed by atoms with Gasteiger partial charge in [-0.25, -0.2) is 0 Å². The van der Waals surface area contributed by atoms with Gasteiger partial charge < -0.3 is 10.2 Å². The summed E-state index contributed by atoms with van der Waals surface area (Å²) in [5, 5.41) is 3.40. The summed E-state index contributed by atoms with van der Waals surface area (Å²) in [6.07, 6.45) is 1.37. The highest BCUT2D eigenvalue weighted by molar-refractivity contribution is 5.85. The van der Waals surface area contributed by atoms with E-state index in [1.165, 1.54) is 32.6 Å². The Kier molecular flexibility index (Phi) is 10.1. The summed E-state index contributed by atoms with van der Waals surface area (Å²) >= 11 is 0. The van der Waals surface area contributed by atoms with E-state index >= 15 is 0 Å². The van der Waals surface area contributed by atoms with E-state index in [-0.39, 0.29) is 24.8 Å². The molecule has 1 aliphatic heterocycles. The number of rotatable bonds is 4. The van der Waals surface area contributed by atoms with Crippen molar-refractivity contribution in [2.75, 3.05) is 26.2 Å². The van der Waals surface area contributed by atoms with Crippen LogP contribution < -0.4 is 5.32 Å². The van der Waals surface area contributed by atoms with Crippen LogP contribution in [0, 0.1) is 0 Å². The third-order valence-electron chi connectivity index (χ3n) is 2.30. The van der Waals surface area contributed by atoms with Crippen LogP contribution in [0.3, 0.4) is 0 Å². The minimum atomic E-state index is 0. The molecule has 1 heterocycles. The van der Waals surface area contributed by atoms with E-state index in [0.717, 1.165) is 6.04 Å². The summed E-state index contributed by atoms with van der Waals surface area (Å²) in [4.78, 5) is 2.47. The van der Waals surface area contributed by atoms with Crippen molar-refractivity contribution >= 4 is 24.8 Å². The van der Waals surface area contributed by atoms with Crippen molar-refractivity contribution in [3.05, 3.63) is 0 Å².